The molecule has 0 aliphatic rings. The molecule has 2 rings (SSSR count). The van der Waals surface area contributed by atoms with E-state index in [1.807, 2.05) is 19.1 Å². The molecule has 0 radical (unpaired) electrons. The van der Waals surface area contributed by atoms with Crippen LogP contribution < -0.4 is 5.73 Å². The van der Waals surface area contributed by atoms with Crippen LogP contribution in [0.4, 0.5) is 4.39 Å². The minimum atomic E-state index is -0.243. The van der Waals surface area contributed by atoms with Crippen LogP contribution in [-0.2, 0) is 6.42 Å². The number of pyridine rings is 1. The fourth-order valence-electron chi connectivity index (χ4n) is 1.92. The van der Waals surface area contributed by atoms with Gasteiger partial charge in [-0.15, -0.1) is 0 Å². The van der Waals surface area contributed by atoms with E-state index in [4.69, 9.17) is 5.73 Å². The van der Waals surface area contributed by atoms with E-state index in [-0.39, 0.29) is 11.9 Å². The minimum Gasteiger partial charge on any atom is -0.324 e. The van der Waals surface area contributed by atoms with Gasteiger partial charge in [0.05, 0.1) is 0 Å². The highest BCUT2D eigenvalue weighted by Gasteiger charge is 2.09. The lowest BCUT2D eigenvalue weighted by Gasteiger charge is -2.13. The fourth-order valence-corrected chi connectivity index (χ4v) is 2.33. The maximum atomic E-state index is 13.3. The third-order valence-electron chi connectivity index (χ3n) is 2.71. The average Bonchev–Trinajstić information content (AvgIpc) is 2.27. The second-order valence-corrected chi connectivity index (χ2v) is 5.30. The van der Waals surface area contributed by atoms with Crippen molar-refractivity contribution in [1.82, 2.24) is 4.98 Å². The summed E-state index contributed by atoms with van der Waals surface area (Å²) in [5.41, 5.74) is 8.83. The Bertz CT molecular complexity index is 537. The molecule has 1 unspecified atom stereocenters. The average molecular weight is 309 g/mol. The zero-order chi connectivity index (χ0) is 13.1. The second kappa shape index (κ2) is 5.59. The van der Waals surface area contributed by atoms with E-state index in [0.717, 1.165) is 21.2 Å². The molecule has 2 aromatic rings. The Morgan fingerprint density at radius 3 is 2.72 bits per heavy atom. The highest BCUT2D eigenvalue weighted by atomic mass is 79.9. The Labute approximate surface area is 114 Å². The van der Waals surface area contributed by atoms with Gasteiger partial charge in [-0.1, -0.05) is 6.07 Å². The van der Waals surface area contributed by atoms with Gasteiger partial charge in [0, 0.05) is 22.9 Å². The first kappa shape index (κ1) is 13.2. The van der Waals surface area contributed by atoms with Crippen molar-refractivity contribution in [2.45, 2.75) is 19.4 Å². The summed E-state index contributed by atoms with van der Waals surface area (Å²) in [6.07, 6.45) is 4.13. The molecule has 0 amide bonds. The molecule has 0 aliphatic carbocycles. The summed E-state index contributed by atoms with van der Waals surface area (Å²) in [6, 6.07) is 6.65. The normalized spacial score (nSPS) is 12.4. The third kappa shape index (κ3) is 3.37. The van der Waals surface area contributed by atoms with Crippen LogP contribution in [0.15, 0.2) is 41.1 Å². The number of nitrogens with zero attached hydrogens (tertiary/aromatic N) is 1. The van der Waals surface area contributed by atoms with Gasteiger partial charge < -0.3 is 5.73 Å². The van der Waals surface area contributed by atoms with E-state index in [9.17, 15) is 4.39 Å². The molecule has 1 aromatic heterocycles. The highest BCUT2D eigenvalue weighted by molar-refractivity contribution is 9.10. The topological polar surface area (TPSA) is 38.9 Å². The zero-order valence-electron chi connectivity index (χ0n) is 10.0. The number of aryl methyl sites for hydroxylation is 1. The van der Waals surface area contributed by atoms with Gasteiger partial charge in [-0.25, -0.2) is 4.39 Å². The molecule has 18 heavy (non-hydrogen) atoms. The summed E-state index contributed by atoms with van der Waals surface area (Å²) >= 11 is 3.37. The van der Waals surface area contributed by atoms with E-state index in [0.29, 0.717) is 6.42 Å². The van der Waals surface area contributed by atoms with E-state index in [2.05, 4.69) is 20.9 Å². The summed E-state index contributed by atoms with van der Waals surface area (Å²) in [5, 5.41) is 0. The van der Waals surface area contributed by atoms with E-state index >= 15 is 0 Å². The quantitative estimate of drug-likeness (QED) is 0.942. The summed E-state index contributed by atoms with van der Waals surface area (Å²) in [7, 11) is 0. The molecule has 0 fully saturated rings. The summed E-state index contributed by atoms with van der Waals surface area (Å²) in [5.74, 6) is -0.243. The summed E-state index contributed by atoms with van der Waals surface area (Å²) in [6.45, 7) is 1.86. The molecule has 0 saturated heterocycles. The minimum absolute atomic E-state index is 0.226. The van der Waals surface area contributed by atoms with Crippen LogP contribution in [0.2, 0.25) is 0 Å². The second-order valence-electron chi connectivity index (χ2n) is 4.38. The van der Waals surface area contributed by atoms with Crippen LogP contribution in [0.25, 0.3) is 0 Å². The SMILES string of the molecule is Cc1cc(F)cc(C(N)Cc2cncc(Br)c2)c1. The van der Waals surface area contributed by atoms with Gasteiger partial charge in [0.2, 0.25) is 0 Å². The largest absolute Gasteiger partial charge is 0.324 e. The Balaban J connectivity index is 2.19. The number of halogens is 2. The molecule has 2 nitrogen and oxygen atoms in total. The first-order chi connectivity index (χ1) is 8.54. The van der Waals surface area contributed by atoms with Crippen molar-refractivity contribution in [3.63, 3.8) is 0 Å². The van der Waals surface area contributed by atoms with Crippen molar-refractivity contribution < 1.29 is 4.39 Å². The number of nitrogens with two attached hydrogens (primary N) is 1. The van der Waals surface area contributed by atoms with Gasteiger partial charge in [-0.2, -0.15) is 0 Å². The van der Waals surface area contributed by atoms with Gasteiger partial charge in [0.15, 0.2) is 0 Å². The molecule has 0 saturated carbocycles. The van der Waals surface area contributed by atoms with Gasteiger partial charge in [-0.05, 0) is 64.2 Å². The van der Waals surface area contributed by atoms with Crippen LogP contribution in [0.1, 0.15) is 22.7 Å². The molecule has 94 valence electrons. The predicted octanol–water partition coefficient (Wildman–Crippen LogP) is 3.53. The van der Waals surface area contributed by atoms with Gasteiger partial charge >= 0.3 is 0 Å². The number of hydrogen-bond acceptors (Lipinski definition) is 2. The maximum Gasteiger partial charge on any atom is 0.123 e. The molecule has 0 bridgehead atoms. The Hall–Kier alpha value is -1.26. The number of aromatic nitrogens is 1. The lowest BCUT2D eigenvalue weighted by atomic mass is 9.99. The number of benzene rings is 1. The van der Waals surface area contributed by atoms with Crippen molar-refractivity contribution in [2.24, 2.45) is 5.73 Å². The molecule has 2 N–H and O–H groups in total. The fraction of sp³-hybridized carbons (Fsp3) is 0.214. The highest BCUT2D eigenvalue weighted by Crippen LogP contribution is 2.20. The standard InChI is InChI=1S/C14H14BrFN2/c1-9-2-11(6-13(16)3-9)14(17)5-10-4-12(15)8-18-7-10/h2-4,6-8,14H,5,17H2,1H3. The number of hydrogen-bond donors (Lipinski definition) is 1. The molecule has 1 heterocycles. The van der Waals surface area contributed by atoms with Crippen molar-refractivity contribution in [3.05, 3.63) is 63.6 Å². The van der Waals surface area contributed by atoms with Crippen LogP contribution in [-0.4, -0.2) is 4.98 Å². The molecule has 4 heteroatoms. The van der Waals surface area contributed by atoms with Gasteiger partial charge in [0.25, 0.3) is 0 Å². The first-order valence-electron chi connectivity index (χ1n) is 5.66. The van der Waals surface area contributed by atoms with Gasteiger partial charge in [0.1, 0.15) is 5.82 Å². The van der Waals surface area contributed by atoms with Crippen LogP contribution in [0.5, 0.6) is 0 Å². The van der Waals surface area contributed by atoms with E-state index < -0.39 is 0 Å². The predicted molar refractivity (Wildman–Crippen MR) is 73.7 cm³/mol. The molecule has 0 spiro atoms. The summed E-state index contributed by atoms with van der Waals surface area (Å²) in [4.78, 5) is 4.09. The lowest BCUT2D eigenvalue weighted by molar-refractivity contribution is 0.617. The van der Waals surface area contributed by atoms with Crippen molar-refractivity contribution >= 4 is 15.9 Å². The van der Waals surface area contributed by atoms with Crippen LogP contribution in [0, 0.1) is 12.7 Å². The molecule has 0 aliphatic heterocycles. The third-order valence-corrected chi connectivity index (χ3v) is 3.14. The van der Waals surface area contributed by atoms with Crippen LogP contribution in [0.3, 0.4) is 0 Å². The van der Waals surface area contributed by atoms with Crippen molar-refractivity contribution in [3.8, 4) is 0 Å². The van der Waals surface area contributed by atoms with E-state index in [1.54, 1.807) is 12.4 Å². The molecule has 1 aromatic carbocycles. The first-order valence-corrected chi connectivity index (χ1v) is 6.46. The molecular formula is C14H14BrFN2. The van der Waals surface area contributed by atoms with Gasteiger partial charge in [-0.3, -0.25) is 4.98 Å². The molecule has 1 atom stereocenters. The summed E-state index contributed by atoms with van der Waals surface area (Å²) < 4.78 is 14.2. The monoisotopic (exact) mass is 308 g/mol. The lowest BCUT2D eigenvalue weighted by Crippen LogP contribution is -2.14. The van der Waals surface area contributed by atoms with E-state index in [1.165, 1.54) is 12.1 Å². The Morgan fingerprint density at radius 2 is 2.06 bits per heavy atom. The Morgan fingerprint density at radius 1 is 1.28 bits per heavy atom. The Kier molecular flexibility index (Phi) is 4.09. The van der Waals surface area contributed by atoms with Crippen LogP contribution >= 0.6 is 15.9 Å². The molecular weight excluding hydrogens is 295 g/mol. The van der Waals surface area contributed by atoms with Crippen molar-refractivity contribution in [2.75, 3.05) is 0 Å². The maximum absolute atomic E-state index is 13.3. The zero-order valence-corrected chi connectivity index (χ0v) is 11.6. The number of rotatable bonds is 3. The smallest absolute Gasteiger partial charge is 0.123 e. The van der Waals surface area contributed by atoms with Crippen molar-refractivity contribution in [1.29, 1.82) is 0 Å².